The summed E-state index contributed by atoms with van der Waals surface area (Å²) in [5.74, 6) is 4.41. The van der Waals surface area contributed by atoms with Crippen molar-refractivity contribution in [3.8, 4) is 0 Å². The minimum absolute atomic E-state index is 0.403. The lowest BCUT2D eigenvalue weighted by atomic mass is 10.8. The van der Waals surface area contributed by atoms with E-state index in [0.29, 0.717) is 6.41 Å². The SMILES string of the molecule is NNC=O.c1cnccn1. The molecule has 0 radical (unpaired) electrons. The molecule has 54 valence electrons. The van der Waals surface area contributed by atoms with Crippen LogP contribution in [0.15, 0.2) is 24.8 Å². The molecule has 0 atom stereocenters. The van der Waals surface area contributed by atoms with Crippen LogP contribution in [0.4, 0.5) is 0 Å². The lowest BCUT2D eigenvalue weighted by Gasteiger charge is -1.70. The van der Waals surface area contributed by atoms with E-state index >= 15 is 0 Å². The standard InChI is InChI=1S/C4H4N2.CH4N2O/c1-2-6-4-3-5-1;2-3-1-4/h1-4H;1H,2H2,(H,3,4). The second-order valence-corrected chi connectivity index (χ2v) is 1.18. The number of carbonyl (C=O) groups is 1. The van der Waals surface area contributed by atoms with Gasteiger partial charge in [0.1, 0.15) is 0 Å². The van der Waals surface area contributed by atoms with E-state index in [0.717, 1.165) is 0 Å². The first-order chi connectivity index (χ1) is 4.91. The highest BCUT2D eigenvalue weighted by atomic mass is 16.1. The summed E-state index contributed by atoms with van der Waals surface area (Å²) in [5, 5.41) is 0. The number of hydrogen-bond donors (Lipinski definition) is 2. The van der Waals surface area contributed by atoms with Gasteiger partial charge in [-0.15, -0.1) is 0 Å². The fraction of sp³-hybridized carbons (Fsp3) is 0. The van der Waals surface area contributed by atoms with Gasteiger partial charge >= 0.3 is 0 Å². The Morgan fingerprint density at radius 2 is 1.50 bits per heavy atom. The Balaban J connectivity index is 0.000000180. The molecular weight excluding hydrogens is 132 g/mol. The van der Waals surface area contributed by atoms with Crippen molar-refractivity contribution in [3.05, 3.63) is 24.8 Å². The summed E-state index contributed by atoms with van der Waals surface area (Å²) in [7, 11) is 0. The highest BCUT2D eigenvalue weighted by Crippen LogP contribution is 1.65. The van der Waals surface area contributed by atoms with Gasteiger partial charge in [0.2, 0.25) is 6.41 Å². The molecule has 3 N–H and O–H groups in total. The van der Waals surface area contributed by atoms with Crippen molar-refractivity contribution in [3.63, 3.8) is 0 Å². The zero-order chi connectivity index (χ0) is 7.66. The number of nitrogens with two attached hydrogens (primary N) is 1. The number of nitrogens with one attached hydrogen (secondary N) is 1. The quantitative estimate of drug-likeness (QED) is 0.229. The Morgan fingerprint density at radius 3 is 1.60 bits per heavy atom. The van der Waals surface area contributed by atoms with Gasteiger partial charge in [-0.1, -0.05) is 0 Å². The van der Waals surface area contributed by atoms with E-state index in [1.807, 2.05) is 0 Å². The van der Waals surface area contributed by atoms with Crippen molar-refractivity contribution >= 4 is 6.41 Å². The summed E-state index contributed by atoms with van der Waals surface area (Å²) < 4.78 is 0. The lowest BCUT2D eigenvalue weighted by Crippen LogP contribution is -2.18. The zero-order valence-corrected chi connectivity index (χ0v) is 5.27. The second kappa shape index (κ2) is 7.51. The van der Waals surface area contributed by atoms with E-state index in [9.17, 15) is 0 Å². The first-order valence-electron chi connectivity index (χ1n) is 2.51. The van der Waals surface area contributed by atoms with Gasteiger partial charge in [0.15, 0.2) is 0 Å². The summed E-state index contributed by atoms with van der Waals surface area (Å²) in [6, 6.07) is 0. The molecule has 0 aliphatic carbocycles. The van der Waals surface area contributed by atoms with Crippen molar-refractivity contribution in [1.82, 2.24) is 15.4 Å². The summed E-state index contributed by atoms with van der Waals surface area (Å²) in [6.45, 7) is 0. The van der Waals surface area contributed by atoms with Gasteiger partial charge < -0.3 is 0 Å². The minimum Gasteiger partial charge on any atom is -0.297 e. The molecule has 0 bridgehead atoms. The predicted octanol–water partition coefficient (Wildman–Crippen LogP) is -0.917. The van der Waals surface area contributed by atoms with Gasteiger partial charge in [0, 0.05) is 24.8 Å². The highest BCUT2D eigenvalue weighted by molar-refractivity contribution is 5.44. The third-order valence-electron chi connectivity index (χ3n) is 0.546. The molecule has 0 unspecified atom stereocenters. The number of hydrazine groups is 1. The van der Waals surface area contributed by atoms with Crippen LogP contribution in [0, 0.1) is 0 Å². The maximum atomic E-state index is 8.94. The molecule has 0 fully saturated rings. The summed E-state index contributed by atoms with van der Waals surface area (Å²) in [5.41, 5.74) is 1.75. The Kier molecular flexibility index (Phi) is 6.39. The molecule has 5 heteroatoms. The summed E-state index contributed by atoms with van der Waals surface area (Å²) >= 11 is 0. The van der Waals surface area contributed by atoms with Gasteiger partial charge in [-0.05, 0) is 0 Å². The Labute approximate surface area is 58.3 Å². The van der Waals surface area contributed by atoms with Crippen LogP contribution in [0.1, 0.15) is 0 Å². The predicted molar refractivity (Wildman–Crippen MR) is 35.4 cm³/mol. The molecule has 1 aromatic heterocycles. The molecule has 1 aromatic rings. The topological polar surface area (TPSA) is 80.9 Å². The average Bonchev–Trinajstić information content (AvgIpc) is 2.08. The number of hydrogen-bond acceptors (Lipinski definition) is 4. The highest BCUT2D eigenvalue weighted by Gasteiger charge is 1.59. The molecule has 0 spiro atoms. The molecule has 0 aromatic carbocycles. The average molecular weight is 140 g/mol. The van der Waals surface area contributed by atoms with Crippen LogP contribution >= 0.6 is 0 Å². The molecule has 0 aliphatic rings. The molecule has 5 nitrogen and oxygen atoms in total. The molecule has 0 saturated heterocycles. The van der Waals surface area contributed by atoms with Crippen LogP contribution in [-0.2, 0) is 4.79 Å². The minimum atomic E-state index is 0.403. The summed E-state index contributed by atoms with van der Waals surface area (Å²) in [4.78, 5) is 16.4. The van der Waals surface area contributed by atoms with Gasteiger partial charge in [-0.2, -0.15) is 0 Å². The largest absolute Gasteiger partial charge is 0.297 e. The zero-order valence-electron chi connectivity index (χ0n) is 5.27. The van der Waals surface area contributed by atoms with Crippen molar-refractivity contribution in [1.29, 1.82) is 0 Å². The maximum absolute atomic E-state index is 8.94. The molecular formula is C5H8N4O. The van der Waals surface area contributed by atoms with E-state index in [2.05, 4.69) is 15.8 Å². The van der Waals surface area contributed by atoms with E-state index in [-0.39, 0.29) is 0 Å². The number of carbonyl (C=O) groups excluding carboxylic acids is 1. The molecule has 1 rings (SSSR count). The first kappa shape index (κ1) is 8.51. The smallest absolute Gasteiger partial charge is 0.221 e. The molecule has 1 heterocycles. The van der Waals surface area contributed by atoms with Crippen molar-refractivity contribution in [2.24, 2.45) is 5.84 Å². The molecule has 0 saturated carbocycles. The van der Waals surface area contributed by atoms with Crippen LogP contribution in [0.25, 0.3) is 0 Å². The molecule has 10 heavy (non-hydrogen) atoms. The fourth-order valence-corrected chi connectivity index (χ4v) is 0.253. The number of aromatic nitrogens is 2. The Bertz CT molecular complexity index is 128. The van der Waals surface area contributed by atoms with Gasteiger partial charge in [0.05, 0.1) is 0 Å². The maximum Gasteiger partial charge on any atom is 0.221 e. The summed E-state index contributed by atoms with van der Waals surface area (Å²) in [6.07, 6.45) is 6.96. The van der Waals surface area contributed by atoms with Crippen molar-refractivity contribution in [2.75, 3.05) is 0 Å². The van der Waals surface area contributed by atoms with E-state index < -0.39 is 0 Å². The van der Waals surface area contributed by atoms with Crippen LogP contribution < -0.4 is 11.3 Å². The van der Waals surface area contributed by atoms with Crippen molar-refractivity contribution < 1.29 is 4.79 Å². The lowest BCUT2D eigenvalue weighted by molar-refractivity contribution is -0.109. The van der Waals surface area contributed by atoms with Crippen LogP contribution in [-0.4, -0.2) is 16.4 Å². The van der Waals surface area contributed by atoms with Crippen LogP contribution in [0.3, 0.4) is 0 Å². The Hall–Kier alpha value is -1.49. The number of nitrogens with zero attached hydrogens (tertiary/aromatic N) is 2. The number of amides is 1. The van der Waals surface area contributed by atoms with Crippen molar-refractivity contribution in [2.45, 2.75) is 0 Å². The second-order valence-electron chi connectivity index (χ2n) is 1.18. The van der Waals surface area contributed by atoms with Crippen LogP contribution in [0.2, 0.25) is 0 Å². The van der Waals surface area contributed by atoms with E-state index in [4.69, 9.17) is 4.79 Å². The Morgan fingerprint density at radius 1 is 1.20 bits per heavy atom. The van der Waals surface area contributed by atoms with E-state index in [1.54, 1.807) is 30.2 Å². The van der Waals surface area contributed by atoms with Gasteiger partial charge in [-0.3, -0.25) is 20.2 Å². The molecule has 0 aliphatic heterocycles. The normalized spacial score (nSPS) is 6.90. The third kappa shape index (κ3) is 6.51. The van der Waals surface area contributed by atoms with Gasteiger partial charge in [-0.25, -0.2) is 5.84 Å². The van der Waals surface area contributed by atoms with Crippen LogP contribution in [0.5, 0.6) is 0 Å². The number of rotatable bonds is 1. The van der Waals surface area contributed by atoms with E-state index in [1.165, 1.54) is 0 Å². The first-order valence-corrected chi connectivity index (χ1v) is 2.51. The monoisotopic (exact) mass is 140 g/mol. The molecule has 1 amide bonds. The van der Waals surface area contributed by atoms with Gasteiger partial charge in [0.25, 0.3) is 0 Å². The third-order valence-corrected chi connectivity index (χ3v) is 0.546. The fourth-order valence-electron chi connectivity index (χ4n) is 0.253.